The molecule has 2 aliphatic rings. The van der Waals surface area contributed by atoms with Crippen LogP contribution in [0.3, 0.4) is 0 Å². The fraction of sp³-hybridized carbons (Fsp3) is 0.529. The van der Waals surface area contributed by atoms with Gasteiger partial charge in [-0.15, -0.1) is 0 Å². The summed E-state index contributed by atoms with van der Waals surface area (Å²) in [4.78, 5) is 21.4. The molecule has 2 aromatic rings. The third-order valence-electron chi connectivity index (χ3n) is 5.26. The van der Waals surface area contributed by atoms with Crippen molar-refractivity contribution in [1.29, 1.82) is 0 Å². The molecule has 0 aliphatic carbocycles. The van der Waals surface area contributed by atoms with E-state index in [1.807, 2.05) is 11.9 Å². The highest BCUT2D eigenvalue weighted by Crippen LogP contribution is 2.39. The lowest BCUT2D eigenvalue weighted by atomic mass is 10.0. The summed E-state index contributed by atoms with van der Waals surface area (Å²) in [6, 6.07) is 0.582. The van der Waals surface area contributed by atoms with Gasteiger partial charge < -0.3 is 19.7 Å². The number of piperazine rings is 1. The number of anilines is 2. The number of nitrogens with zero attached hydrogens (tertiary/aromatic N) is 4. The Morgan fingerprint density at radius 3 is 2.79 bits per heavy atom. The van der Waals surface area contributed by atoms with Crippen LogP contribution >= 0.6 is 0 Å². The molecule has 0 aromatic carbocycles. The molecule has 4 heterocycles. The lowest BCUT2D eigenvalue weighted by Crippen LogP contribution is -2.62. The zero-order chi connectivity index (χ0) is 17.2. The van der Waals surface area contributed by atoms with Gasteiger partial charge in [-0.1, -0.05) is 0 Å². The first-order valence-corrected chi connectivity index (χ1v) is 8.29. The predicted octanol–water partition coefficient (Wildman–Crippen LogP) is 0.998. The van der Waals surface area contributed by atoms with Gasteiger partial charge in [-0.2, -0.15) is 0 Å². The number of hydrogen-bond donors (Lipinski definition) is 1. The van der Waals surface area contributed by atoms with E-state index in [0.29, 0.717) is 28.3 Å². The van der Waals surface area contributed by atoms with Crippen LogP contribution in [-0.2, 0) is 7.05 Å². The van der Waals surface area contributed by atoms with Crippen LogP contribution in [0, 0.1) is 12.7 Å². The molecule has 4 rings (SSSR count). The monoisotopic (exact) mass is 331 g/mol. The molecule has 0 saturated carbocycles. The topological polar surface area (TPSA) is 53.4 Å². The predicted molar refractivity (Wildman–Crippen MR) is 93.5 cm³/mol. The molecular formula is C17H22FN5O. The quantitative estimate of drug-likeness (QED) is 0.780. The lowest BCUT2D eigenvalue weighted by molar-refractivity contribution is 0.403. The van der Waals surface area contributed by atoms with E-state index in [4.69, 9.17) is 0 Å². The van der Waals surface area contributed by atoms with Crippen molar-refractivity contribution in [2.24, 2.45) is 7.05 Å². The molecule has 0 spiro atoms. The summed E-state index contributed by atoms with van der Waals surface area (Å²) >= 11 is 0. The number of aryl methyl sites for hydroxylation is 2. The molecule has 2 unspecified atom stereocenters. The van der Waals surface area contributed by atoms with Crippen LogP contribution in [0.1, 0.15) is 12.6 Å². The van der Waals surface area contributed by atoms with Crippen LogP contribution in [0.5, 0.6) is 0 Å². The molecule has 128 valence electrons. The van der Waals surface area contributed by atoms with Crippen LogP contribution in [-0.4, -0.2) is 48.3 Å². The van der Waals surface area contributed by atoms with E-state index < -0.39 is 5.82 Å². The maximum Gasteiger partial charge on any atom is 0.276 e. The second-order valence-electron chi connectivity index (χ2n) is 6.98. The van der Waals surface area contributed by atoms with Gasteiger partial charge in [-0.25, -0.2) is 4.39 Å². The average Bonchev–Trinajstić information content (AvgIpc) is 2.55. The zero-order valence-electron chi connectivity index (χ0n) is 14.4. The van der Waals surface area contributed by atoms with Gasteiger partial charge in [-0.3, -0.25) is 9.78 Å². The molecule has 0 bridgehead atoms. The van der Waals surface area contributed by atoms with E-state index in [-0.39, 0.29) is 11.6 Å². The van der Waals surface area contributed by atoms with Crippen molar-refractivity contribution in [3.63, 3.8) is 0 Å². The van der Waals surface area contributed by atoms with Crippen LogP contribution in [0.15, 0.2) is 11.0 Å². The van der Waals surface area contributed by atoms with Crippen molar-refractivity contribution in [2.75, 3.05) is 36.5 Å². The van der Waals surface area contributed by atoms with Crippen molar-refractivity contribution < 1.29 is 4.39 Å². The van der Waals surface area contributed by atoms with Crippen molar-refractivity contribution in [1.82, 2.24) is 14.9 Å². The Kier molecular flexibility index (Phi) is 3.32. The first kappa shape index (κ1) is 15.4. The summed E-state index contributed by atoms with van der Waals surface area (Å²) in [6.07, 6.45) is 1.70. The number of nitrogens with one attached hydrogen (secondary N) is 1. The highest BCUT2D eigenvalue weighted by Gasteiger charge is 2.37. The molecule has 0 amide bonds. The Bertz CT molecular complexity index is 893. The molecule has 7 heteroatoms. The van der Waals surface area contributed by atoms with E-state index in [2.05, 4.69) is 22.1 Å². The van der Waals surface area contributed by atoms with E-state index in [1.165, 1.54) is 4.57 Å². The average molecular weight is 331 g/mol. The maximum absolute atomic E-state index is 14.7. The third-order valence-corrected chi connectivity index (χ3v) is 5.26. The summed E-state index contributed by atoms with van der Waals surface area (Å²) in [5, 5.41) is 4.19. The number of fused-ring (bicyclic) bond motifs is 5. The van der Waals surface area contributed by atoms with Gasteiger partial charge in [-0.05, 0) is 13.8 Å². The number of pyridine rings is 2. The minimum absolute atomic E-state index is 0.158. The summed E-state index contributed by atoms with van der Waals surface area (Å²) < 4.78 is 16.2. The normalized spacial score (nSPS) is 23.4. The summed E-state index contributed by atoms with van der Waals surface area (Å²) in [6.45, 7) is 6.17. The highest BCUT2D eigenvalue weighted by atomic mass is 19.1. The number of rotatable bonds is 0. The number of hydrogen-bond acceptors (Lipinski definition) is 5. The van der Waals surface area contributed by atoms with Crippen LogP contribution in [0.25, 0.3) is 10.9 Å². The van der Waals surface area contributed by atoms with Crippen molar-refractivity contribution in [2.45, 2.75) is 25.9 Å². The summed E-state index contributed by atoms with van der Waals surface area (Å²) in [5.41, 5.74) is 1.96. The van der Waals surface area contributed by atoms with Gasteiger partial charge in [0.15, 0.2) is 5.82 Å². The zero-order valence-corrected chi connectivity index (χ0v) is 14.4. The number of likely N-dealkylation sites (N-methyl/N-ethyl adjacent to an activating group) is 1. The van der Waals surface area contributed by atoms with Crippen LogP contribution in [0.4, 0.5) is 15.8 Å². The number of halogens is 1. The molecular weight excluding hydrogens is 309 g/mol. The fourth-order valence-electron chi connectivity index (χ4n) is 3.99. The van der Waals surface area contributed by atoms with E-state index in [1.54, 1.807) is 20.2 Å². The molecule has 6 nitrogen and oxygen atoms in total. The van der Waals surface area contributed by atoms with Crippen molar-refractivity contribution in [3.05, 3.63) is 28.1 Å². The van der Waals surface area contributed by atoms with Gasteiger partial charge in [0.25, 0.3) is 5.56 Å². The minimum Gasteiger partial charge on any atom is -0.366 e. The first-order chi connectivity index (χ1) is 11.4. The Morgan fingerprint density at radius 2 is 2.04 bits per heavy atom. The Hall–Kier alpha value is -2.15. The van der Waals surface area contributed by atoms with E-state index in [9.17, 15) is 9.18 Å². The van der Waals surface area contributed by atoms with Gasteiger partial charge in [0.2, 0.25) is 0 Å². The Morgan fingerprint density at radius 1 is 1.29 bits per heavy atom. The first-order valence-electron chi connectivity index (χ1n) is 8.29. The molecule has 2 aromatic heterocycles. The van der Waals surface area contributed by atoms with Gasteiger partial charge in [0.05, 0.1) is 22.9 Å². The number of aromatic nitrogens is 2. The standard InChI is InChI=1S/C17H22FN5O/c1-9-7-23-11(5-19-9)8-21(3)16-15(23)12-6-20-10(2)13(18)14(12)22(4)17(16)24/h6,9,11,19H,5,7-8H2,1-4H3. The molecule has 2 aliphatic heterocycles. The molecule has 1 N–H and O–H groups in total. The van der Waals surface area contributed by atoms with Crippen molar-refractivity contribution in [3.8, 4) is 0 Å². The van der Waals surface area contributed by atoms with Crippen molar-refractivity contribution >= 4 is 22.3 Å². The molecule has 1 saturated heterocycles. The van der Waals surface area contributed by atoms with Gasteiger partial charge in [0.1, 0.15) is 5.69 Å². The summed E-state index contributed by atoms with van der Waals surface area (Å²) in [7, 11) is 3.56. The van der Waals surface area contributed by atoms with Gasteiger partial charge >= 0.3 is 0 Å². The van der Waals surface area contributed by atoms with E-state index >= 15 is 0 Å². The minimum atomic E-state index is -0.414. The molecule has 2 atom stereocenters. The SMILES string of the molecule is Cc1ncc2c3c(c(=O)n(C)c2c1F)N(C)CC1CNC(C)CN31. The largest absolute Gasteiger partial charge is 0.366 e. The smallest absolute Gasteiger partial charge is 0.276 e. The second-order valence-corrected chi connectivity index (χ2v) is 6.98. The maximum atomic E-state index is 14.7. The Balaban J connectivity index is 2.10. The molecule has 1 fully saturated rings. The highest BCUT2D eigenvalue weighted by molar-refractivity contribution is 5.99. The molecule has 24 heavy (non-hydrogen) atoms. The third kappa shape index (κ3) is 1.97. The van der Waals surface area contributed by atoms with E-state index in [0.717, 1.165) is 25.3 Å². The van der Waals surface area contributed by atoms with Crippen LogP contribution < -0.4 is 20.7 Å². The summed E-state index contributed by atoms with van der Waals surface area (Å²) in [5.74, 6) is -0.414. The Labute approximate surface area is 139 Å². The van der Waals surface area contributed by atoms with Crippen LogP contribution in [0.2, 0.25) is 0 Å². The second kappa shape index (κ2) is 5.17. The molecule has 0 radical (unpaired) electrons. The fourth-order valence-corrected chi connectivity index (χ4v) is 3.99. The lowest BCUT2D eigenvalue weighted by Gasteiger charge is -2.48. The van der Waals surface area contributed by atoms with Gasteiger partial charge in [0, 0.05) is 51.4 Å².